The Morgan fingerprint density at radius 3 is 2.68 bits per heavy atom. The fourth-order valence-corrected chi connectivity index (χ4v) is 2.87. The molecule has 0 saturated heterocycles. The molecule has 2 N–H and O–H groups in total. The van der Waals surface area contributed by atoms with Crippen molar-refractivity contribution >= 4 is 32.6 Å². The average Bonchev–Trinajstić information content (AvgIpc) is 2.93. The highest BCUT2D eigenvalue weighted by Crippen LogP contribution is 2.33. The predicted molar refractivity (Wildman–Crippen MR) is 88.2 cm³/mol. The molecular weight excluding hydrogens is 276 g/mol. The van der Waals surface area contributed by atoms with Crippen LogP contribution in [0.1, 0.15) is 26.6 Å². The van der Waals surface area contributed by atoms with Gasteiger partial charge in [0, 0.05) is 40.2 Å². The molecule has 110 valence electrons. The van der Waals surface area contributed by atoms with Crippen molar-refractivity contribution in [2.75, 3.05) is 0 Å². The van der Waals surface area contributed by atoms with Gasteiger partial charge in [-0.1, -0.05) is 20.8 Å². The Morgan fingerprint density at radius 1 is 1.09 bits per heavy atom. The lowest BCUT2D eigenvalue weighted by Crippen LogP contribution is -2.12. The monoisotopic (exact) mass is 292 g/mol. The first-order chi connectivity index (χ1) is 10.5. The zero-order valence-electron chi connectivity index (χ0n) is 12.7. The summed E-state index contributed by atoms with van der Waals surface area (Å²) >= 11 is 0. The lowest BCUT2D eigenvalue weighted by Gasteiger charge is -2.13. The highest BCUT2D eigenvalue weighted by Gasteiger charge is 2.21. The van der Waals surface area contributed by atoms with Gasteiger partial charge in [0.1, 0.15) is 5.82 Å². The van der Waals surface area contributed by atoms with E-state index >= 15 is 0 Å². The molecule has 0 fully saturated rings. The summed E-state index contributed by atoms with van der Waals surface area (Å²) in [5.74, 6) is 0.903. The number of nitrogens with zero attached hydrogens (tertiary/aromatic N) is 2. The lowest BCUT2D eigenvalue weighted by atomic mass is 9.96. The van der Waals surface area contributed by atoms with Gasteiger partial charge in [0.05, 0.1) is 16.4 Å². The summed E-state index contributed by atoms with van der Waals surface area (Å²) < 4.78 is 0. The first kappa shape index (κ1) is 13.0. The normalized spacial score (nSPS) is 12.5. The van der Waals surface area contributed by atoms with E-state index in [1.54, 1.807) is 18.6 Å². The van der Waals surface area contributed by atoms with Crippen molar-refractivity contribution in [1.82, 2.24) is 19.9 Å². The number of rotatable bonds is 0. The number of hydrogen-bond donors (Lipinski definition) is 2. The minimum atomic E-state index is -0.0962. The number of hydrogen-bond acceptors (Lipinski definition) is 3. The average molecular weight is 292 g/mol. The van der Waals surface area contributed by atoms with Gasteiger partial charge in [-0.3, -0.25) is 9.78 Å². The Labute approximate surface area is 126 Å². The summed E-state index contributed by atoms with van der Waals surface area (Å²) in [7, 11) is 0. The molecular formula is C17H16N4O. The minimum Gasteiger partial charge on any atom is -0.341 e. The molecule has 0 unspecified atom stereocenters. The summed E-state index contributed by atoms with van der Waals surface area (Å²) in [5.41, 5.74) is 1.57. The largest absolute Gasteiger partial charge is 0.341 e. The van der Waals surface area contributed by atoms with Crippen molar-refractivity contribution < 1.29 is 0 Å². The molecule has 5 nitrogen and oxygen atoms in total. The highest BCUT2D eigenvalue weighted by atomic mass is 16.1. The van der Waals surface area contributed by atoms with Crippen LogP contribution >= 0.6 is 0 Å². The molecule has 0 bridgehead atoms. The van der Waals surface area contributed by atoms with Gasteiger partial charge in [-0.15, -0.1) is 0 Å². The van der Waals surface area contributed by atoms with Crippen LogP contribution in [0.4, 0.5) is 0 Å². The Hall–Kier alpha value is -2.69. The number of imidazole rings is 1. The van der Waals surface area contributed by atoms with E-state index in [0.717, 1.165) is 33.0 Å². The maximum Gasteiger partial charge on any atom is 0.256 e. The van der Waals surface area contributed by atoms with Crippen LogP contribution in [-0.4, -0.2) is 19.9 Å². The molecule has 0 saturated carbocycles. The number of fused-ring (bicyclic) bond motifs is 6. The maximum absolute atomic E-state index is 12.3. The van der Waals surface area contributed by atoms with Gasteiger partial charge in [-0.25, -0.2) is 4.98 Å². The molecule has 3 aromatic heterocycles. The number of benzene rings is 1. The SMILES string of the molecule is CC(C)(C)c1nc2c3cnccc3c3c(=O)[nH]ccc3c2[nH]1. The second kappa shape index (κ2) is 4.16. The first-order valence-electron chi connectivity index (χ1n) is 7.24. The molecule has 0 amide bonds. The fraction of sp³-hybridized carbons (Fsp3) is 0.235. The Morgan fingerprint density at radius 2 is 1.91 bits per heavy atom. The molecule has 22 heavy (non-hydrogen) atoms. The van der Waals surface area contributed by atoms with E-state index in [4.69, 9.17) is 4.98 Å². The van der Waals surface area contributed by atoms with Gasteiger partial charge < -0.3 is 9.97 Å². The van der Waals surface area contributed by atoms with Crippen LogP contribution in [-0.2, 0) is 5.41 Å². The highest BCUT2D eigenvalue weighted by molar-refractivity contribution is 6.22. The van der Waals surface area contributed by atoms with Crippen molar-refractivity contribution in [1.29, 1.82) is 0 Å². The third-order valence-corrected chi connectivity index (χ3v) is 3.99. The van der Waals surface area contributed by atoms with Gasteiger partial charge in [0.2, 0.25) is 0 Å². The van der Waals surface area contributed by atoms with E-state index in [0.29, 0.717) is 5.39 Å². The first-order valence-corrected chi connectivity index (χ1v) is 7.24. The predicted octanol–water partition coefficient (Wildman–Crippen LogP) is 3.25. The van der Waals surface area contributed by atoms with Crippen LogP contribution in [0.5, 0.6) is 0 Å². The summed E-state index contributed by atoms with van der Waals surface area (Å²) in [6, 6.07) is 3.79. The molecule has 0 atom stereocenters. The van der Waals surface area contributed by atoms with E-state index in [1.807, 2.05) is 12.1 Å². The van der Waals surface area contributed by atoms with Gasteiger partial charge in [0.25, 0.3) is 5.56 Å². The molecule has 0 aliphatic rings. The molecule has 3 heterocycles. The number of pyridine rings is 2. The minimum absolute atomic E-state index is 0.0949. The molecule has 0 radical (unpaired) electrons. The molecule has 5 heteroatoms. The van der Waals surface area contributed by atoms with E-state index < -0.39 is 0 Å². The number of aromatic nitrogens is 4. The molecule has 0 aliphatic carbocycles. The standard InChI is InChI=1S/C17H16N4O/c1-17(2,3)16-20-13-10-5-7-19-15(22)12(10)9-4-6-18-8-11(9)14(13)21-16/h4-8H,1-3H3,(H,19,22)(H,20,21). The van der Waals surface area contributed by atoms with Crippen molar-refractivity contribution in [3.63, 3.8) is 0 Å². The lowest BCUT2D eigenvalue weighted by molar-refractivity contribution is 0.554. The topological polar surface area (TPSA) is 74.4 Å². The van der Waals surface area contributed by atoms with Crippen LogP contribution in [0.2, 0.25) is 0 Å². The van der Waals surface area contributed by atoms with Gasteiger partial charge in [-0.2, -0.15) is 0 Å². The summed E-state index contributed by atoms with van der Waals surface area (Å²) in [4.78, 5) is 27.5. The van der Waals surface area contributed by atoms with Gasteiger partial charge in [0.15, 0.2) is 0 Å². The third kappa shape index (κ3) is 1.68. The van der Waals surface area contributed by atoms with Crippen molar-refractivity contribution in [2.45, 2.75) is 26.2 Å². The third-order valence-electron chi connectivity index (χ3n) is 3.99. The van der Waals surface area contributed by atoms with Gasteiger partial charge >= 0.3 is 0 Å². The molecule has 1 aromatic carbocycles. The zero-order valence-corrected chi connectivity index (χ0v) is 12.7. The van der Waals surface area contributed by atoms with Crippen LogP contribution in [0, 0.1) is 0 Å². The van der Waals surface area contributed by atoms with Crippen LogP contribution in [0.3, 0.4) is 0 Å². The Balaban J connectivity index is 2.35. The van der Waals surface area contributed by atoms with Crippen molar-refractivity contribution in [3.8, 4) is 0 Å². The second-order valence-corrected chi connectivity index (χ2v) is 6.58. The van der Waals surface area contributed by atoms with Crippen LogP contribution in [0.15, 0.2) is 35.5 Å². The summed E-state index contributed by atoms with van der Waals surface area (Å²) in [6.45, 7) is 6.33. The van der Waals surface area contributed by atoms with Crippen molar-refractivity contribution in [2.24, 2.45) is 0 Å². The smallest absolute Gasteiger partial charge is 0.256 e. The van der Waals surface area contributed by atoms with Crippen LogP contribution < -0.4 is 5.56 Å². The summed E-state index contributed by atoms with van der Waals surface area (Å²) in [5, 5.41) is 3.34. The van der Waals surface area contributed by atoms with Crippen molar-refractivity contribution in [3.05, 3.63) is 46.9 Å². The van der Waals surface area contributed by atoms with E-state index in [1.165, 1.54) is 0 Å². The Bertz CT molecular complexity index is 1080. The maximum atomic E-state index is 12.3. The Kier molecular flexibility index (Phi) is 2.46. The number of nitrogens with one attached hydrogen (secondary N) is 2. The summed E-state index contributed by atoms with van der Waals surface area (Å²) in [6.07, 6.45) is 5.16. The zero-order chi connectivity index (χ0) is 15.5. The number of H-pyrrole nitrogens is 2. The molecule has 4 rings (SSSR count). The molecule has 4 aromatic rings. The van der Waals surface area contributed by atoms with Gasteiger partial charge in [-0.05, 0) is 12.1 Å². The van der Waals surface area contributed by atoms with Crippen LogP contribution in [0.25, 0.3) is 32.6 Å². The second-order valence-electron chi connectivity index (χ2n) is 6.58. The quantitative estimate of drug-likeness (QED) is 0.488. The van der Waals surface area contributed by atoms with E-state index in [2.05, 4.69) is 35.7 Å². The van der Waals surface area contributed by atoms with E-state index in [9.17, 15) is 4.79 Å². The fourth-order valence-electron chi connectivity index (χ4n) is 2.87. The molecule has 0 spiro atoms. The van der Waals surface area contributed by atoms with E-state index in [-0.39, 0.29) is 11.0 Å². The number of aromatic amines is 2. The molecule has 0 aliphatic heterocycles.